The lowest BCUT2D eigenvalue weighted by molar-refractivity contribution is 0.331. The largest absolute Gasteiger partial charge is 0.339 e. The summed E-state index contributed by atoms with van der Waals surface area (Å²) in [5, 5.41) is 0.871. The van der Waals surface area contributed by atoms with Crippen LogP contribution in [0.1, 0.15) is 24.1 Å². The number of likely N-dealkylation sites (tertiary alicyclic amines) is 1. The fourth-order valence-electron chi connectivity index (χ4n) is 2.38. The van der Waals surface area contributed by atoms with Crippen molar-refractivity contribution in [3.8, 4) is 0 Å². The predicted molar refractivity (Wildman–Crippen MR) is 67.7 cm³/mol. The summed E-state index contributed by atoms with van der Waals surface area (Å²) in [7, 11) is 2.01. The maximum Gasteiger partial charge on any atom is 0.113 e. The molecule has 4 heteroatoms. The Kier molecular flexibility index (Phi) is 3.90. The SMILES string of the molecule is Cn1c(CCN)cc(CN2CCCC2)c1Cl. The molecule has 0 aliphatic carbocycles. The van der Waals surface area contributed by atoms with Crippen molar-refractivity contribution in [1.29, 1.82) is 0 Å². The van der Waals surface area contributed by atoms with Crippen LogP contribution in [-0.4, -0.2) is 29.1 Å². The normalized spacial score (nSPS) is 17.2. The second kappa shape index (κ2) is 5.21. The van der Waals surface area contributed by atoms with Crippen LogP contribution in [0, 0.1) is 0 Å². The molecule has 90 valence electrons. The van der Waals surface area contributed by atoms with E-state index in [1.807, 2.05) is 7.05 Å². The molecule has 0 spiro atoms. The molecule has 2 N–H and O–H groups in total. The van der Waals surface area contributed by atoms with Gasteiger partial charge in [0, 0.05) is 24.8 Å². The lowest BCUT2D eigenvalue weighted by atomic mass is 10.2. The van der Waals surface area contributed by atoms with Crippen molar-refractivity contribution in [2.45, 2.75) is 25.8 Å². The highest BCUT2D eigenvalue weighted by Crippen LogP contribution is 2.23. The lowest BCUT2D eigenvalue weighted by Crippen LogP contribution is -2.18. The van der Waals surface area contributed by atoms with Crippen molar-refractivity contribution in [3.63, 3.8) is 0 Å². The molecule has 0 saturated carbocycles. The summed E-state index contributed by atoms with van der Waals surface area (Å²) in [6.45, 7) is 4.07. The van der Waals surface area contributed by atoms with Crippen LogP contribution in [0.5, 0.6) is 0 Å². The minimum Gasteiger partial charge on any atom is -0.339 e. The third kappa shape index (κ3) is 2.42. The van der Waals surface area contributed by atoms with E-state index in [-0.39, 0.29) is 0 Å². The van der Waals surface area contributed by atoms with Gasteiger partial charge in [-0.05, 0) is 45.0 Å². The average Bonchev–Trinajstić information content (AvgIpc) is 2.85. The van der Waals surface area contributed by atoms with Gasteiger partial charge in [0.1, 0.15) is 5.15 Å². The molecule has 0 bridgehead atoms. The second-order valence-corrected chi connectivity index (χ2v) is 4.89. The highest BCUT2D eigenvalue weighted by Gasteiger charge is 2.16. The number of rotatable bonds is 4. The quantitative estimate of drug-likeness (QED) is 0.872. The minimum absolute atomic E-state index is 0.678. The van der Waals surface area contributed by atoms with Crippen LogP contribution in [0.15, 0.2) is 6.07 Å². The van der Waals surface area contributed by atoms with Gasteiger partial charge in [-0.3, -0.25) is 4.90 Å². The Morgan fingerprint density at radius 3 is 2.69 bits per heavy atom. The first-order valence-corrected chi connectivity index (χ1v) is 6.35. The summed E-state index contributed by atoms with van der Waals surface area (Å²) in [5.74, 6) is 0. The molecule has 0 amide bonds. The maximum absolute atomic E-state index is 6.32. The van der Waals surface area contributed by atoms with Crippen LogP contribution in [0.3, 0.4) is 0 Å². The van der Waals surface area contributed by atoms with Crippen molar-refractivity contribution in [2.75, 3.05) is 19.6 Å². The molecule has 0 atom stereocenters. The molecule has 0 radical (unpaired) electrons. The molecular weight excluding hydrogens is 222 g/mol. The van der Waals surface area contributed by atoms with E-state index in [9.17, 15) is 0 Å². The molecule has 1 aliphatic heterocycles. The number of hydrogen-bond acceptors (Lipinski definition) is 2. The van der Waals surface area contributed by atoms with Gasteiger partial charge in [0.15, 0.2) is 0 Å². The summed E-state index contributed by atoms with van der Waals surface area (Å²) in [6.07, 6.45) is 3.54. The lowest BCUT2D eigenvalue weighted by Gasteiger charge is -2.13. The minimum atomic E-state index is 0.678. The Bertz CT molecular complexity index is 353. The molecule has 1 aromatic rings. The van der Waals surface area contributed by atoms with Gasteiger partial charge in [-0.1, -0.05) is 11.6 Å². The summed E-state index contributed by atoms with van der Waals surface area (Å²) < 4.78 is 2.06. The monoisotopic (exact) mass is 241 g/mol. The van der Waals surface area contributed by atoms with Gasteiger partial charge < -0.3 is 10.3 Å². The molecule has 1 saturated heterocycles. The molecule has 0 aromatic carbocycles. The van der Waals surface area contributed by atoms with E-state index < -0.39 is 0 Å². The van der Waals surface area contributed by atoms with Crippen molar-refractivity contribution < 1.29 is 0 Å². The number of nitrogens with zero attached hydrogens (tertiary/aromatic N) is 2. The van der Waals surface area contributed by atoms with Crippen molar-refractivity contribution in [1.82, 2.24) is 9.47 Å². The zero-order chi connectivity index (χ0) is 11.5. The number of nitrogens with two attached hydrogens (primary N) is 1. The van der Waals surface area contributed by atoms with Crippen LogP contribution in [-0.2, 0) is 20.0 Å². The Labute approximate surface area is 102 Å². The predicted octanol–water partition coefficient (Wildman–Crippen LogP) is 1.78. The summed E-state index contributed by atoms with van der Waals surface area (Å²) in [4.78, 5) is 2.47. The third-order valence-corrected chi connectivity index (χ3v) is 3.82. The first-order valence-electron chi connectivity index (χ1n) is 5.97. The molecule has 1 fully saturated rings. The van der Waals surface area contributed by atoms with Crippen molar-refractivity contribution in [3.05, 3.63) is 22.5 Å². The molecule has 2 heterocycles. The number of hydrogen-bond donors (Lipinski definition) is 1. The van der Waals surface area contributed by atoms with Crippen LogP contribution >= 0.6 is 11.6 Å². The van der Waals surface area contributed by atoms with Crippen LogP contribution in [0.2, 0.25) is 5.15 Å². The van der Waals surface area contributed by atoms with E-state index in [4.69, 9.17) is 17.3 Å². The average molecular weight is 242 g/mol. The van der Waals surface area contributed by atoms with E-state index in [1.165, 1.54) is 37.2 Å². The van der Waals surface area contributed by atoms with E-state index in [1.54, 1.807) is 0 Å². The molecule has 2 rings (SSSR count). The van der Waals surface area contributed by atoms with Gasteiger partial charge >= 0.3 is 0 Å². The molecule has 3 nitrogen and oxygen atoms in total. The molecule has 1 aromatic heterocycles. The summed E-state index contributed by atoms with van der Waals surface area (Å²) in [5.41, 5.74) is 8.07. The van der Waals surface area contributed by atoms with Gasteiger partial charge in [-0.25, -0.2) is 0 Å². The van der Waals surface area contributed by atoms with Crippen LogP contribution < -0.4 is 5.73 Å². The van der Waals surface area contributed by atoms with E-state index >= 15 is 0 Å². The zero-order valence-corrected chi connectivity index (χ0v) is 10.6. The Hall–Kier alpha value is -0.510. The van der Waals surface area contributed by atoms with E-state index in [0.29, 0.717) is 6.54 Å². The third-order valence-electron chi connectivity index (χ3n) is 3.32. The molecular formula is C12H20ClN3. The summed E-state index contributed by atoms with van der Waals surface area (Å²) >= 11 is 6.32. The standard InChI is InChI=1S/C12H20ClN3/c1-15-11(4-5-14)8-10(12(15)13)9-16-6-2-3-7-16/h8H,2-7,9,14H2,1H3. The topological polar surface area (TPSA) is 34.2 Å². The van der Waals surface area contributed by atoms with E-state index in [2.05, 4.69) is 15.5 Å². The molecule has 16 heavy (non-hydrogen) atoms. The number of halogens is 1. The van der Waals surface area contributed by atoms with Gasteiger partial charge in [0.05, 0.1) is 0 Å². The highest BCUT2D eigenvalue weighted by atomic mass is 35.5. The number of aromatic nitrogens is 1. The zero-order valence-electron chi connectivity index (χ0n) is 9.88. The van der Waals surface area contributed by atoms with Crippen molar-refractivity contribution in [2.24, 2.45) is 12.8 Å². The highest BCUT2D eigenvalue weighted by molar-refractivity contribution is 6.30. The Balaban J connectivity index is 2.10. The maximum atomic E-state index is 6.32. The molecule has 1 aliphatic rings. The van der Waals surface area contributed by atoms with E-state index in [0.717, 1.165) is 18.1 Å². The Morgan fingerprint density at radius 1 is 1.38 bits per heavy atom. The second-order valence-electron chi connectivity index (χ2n) is 4.53. The first-order chi connectivity index (χ1) is 7.72. The fourth-order valence-corrected chi connectivity index (χ4v) is 2.60. The van der Waals surface area contributed by atoms with Gasteiger partial charge in [-0.2, -0.15) is 0 Å². The van der Waals surface area contributed by atoms with Gasteiger partial charge in [0.25, 0.3) is 0 Å². The summed E-state index contributed by atoms with van der Waals surface area (Å²) in [6, 6.07) is 2.20. The first kappa shape index (κ1) is 12.0. The van der Waals surface area contributed by atoms with Crippen LogP contribution in [0.25, 0.3) is 0 Å². The smallest absolute Gasteiger partial charge is 0.113 e. The van der Waals surface area contributed by atoms with Crippen LogP contribution in [0.4, 0.5) is 0 Å². The van der Waals surface area contributed by atoms with Gasteiger partial charge in [-0.15, -0.1) is 0 Å². The Morgan fingerprint density at radius 2 is 2.06 bits per heavy atom. The van der Waals surface area contributed by atoms with Crippen molar-refractivity contribution >= 4 is 11.6 Å². The fraction of sp³-hybridized carbons (Fsp3) is 0.667. The van der Waals surface area contributed by atoms with Gasteiger partial charge in [0.2, 0.25) is 0 Å². The molecule has 0 unspecified atom stereocenters.